The van der Waals surface area contributed by atoms with Gasteiger partial charge in [0.15, 0.2) is 5.60 Å². The van der Waals surface area contributed by atoms with Crippen LogP contribution < -0.4 is 0 Å². The number of carboxylic acids is 1. The van der Waals surface area contributed by atoms with Crippen molar-refractivity contribution in [2.45, 2.75) is 116 Å². The highest BCUT2D eigenvalue weighted by Gasteiger charge is 2.38. The van der Waals surface area contributed by atoms with Gasteiger partial charge in [0.1, 0.15) is 0 Å². The highest BCUT2D eigenvalue weighted by Crippen LogP contribution is 2.36. The first-order valence-corrected chi connectivity index (χ1v) is 14.5. The van der Waals surface area contributed by atoms with Crippen molar-refractivity contribution < 1.29 is 29.0 Å². The van der Waals surface area contributed by atoms with E-state index in [1.165, 1.54) is 37.8 Å². The molecule has 6 nitrogen and oxygen atoms in total. The van der Waals surface area contributed by atoms with Gasteiger partial charge in [-0.1, -0.05) is 102 Å². The van der Waals surface area contributed by atoms with E-state index < -0.39 is 23.5 Å². The number of rotatable bonds is 18. The normalized spacial score (nSPS) is 19.2. The molecule has 1 N–H and O–H groups in total. The summed E-state index contributed by atoms with van der Waals surface area (Å²) in [5.41, 5.74) is -0.600. The predicted molar refractivity (Wildman–Crippen MR) is 150 cm³/mol. The Bertz CT molecular complexity index is 933. The lowest BCUT2D eigenvalue weighted by Crippen LogP contribution is -2.33. The molecule has 0 heterocycles. The third-order valence-electron chi connectivity index (χ3n) is 7.00. The molecule has 0 spiro atoms. The van der Waals surface area contributed by atoms with E-state index in [4.69, 9.17) is 9.47 Å². The van der Waals surface area contributed by atoms with Crippen molar-refractivity contribution in [1.29, 1.82) is 0 Å². The van der Waals surface area contributed by atoms with Crippen LogP contribution in [0.2, 0.25) is 0 Å². The van der Waals surface area contributed by atoms with Crippen molar-refractivity contribution in [3.05, 3.63) is 59.7 Å². The van der Waals surface area contributed by atoms with Crippen LogP contribution in [-0.2, 0) is 24.7 Å². The summed E-state index contributed by atoms with van der Waals surface area (Å²) in [7, 11) is 0. The van der Waals surface area contributed by atoms with Crippen LogP contribution in [0.25, 0.3) is 0 Å². The average Bonchev–Trinajstić information content (AvgIpc) is 2.91. The van der Waals surface area contributed by atoms with Crippen LogP contribution in [0, 0.1) is 5.92 Å². The van der Waals surface area contributed by atoms with Crippen LogP contribution in [0.1, 0.15) is 120 Å². The number of benzene rings is 1. The Morgan fingerprint density at radius 1 is 0.868 bits per heavy atom. The molecule has 0 aliphatic heterocycles. The molecular weight excluding hydrogens is 480 g/mol. The topological polar surface area (TPSA) is 89.9 Å². The van der Waals surface area contributed by atoms with E-state index in [0.29, 0.717) is 11.1 Å². The number of unbranched alkanes of at least 4 members (excludes halogenated alkanes) is 9. The maximum atomic E-state index is 13.2. The van der Waals surface area contributed by atoms with Gasteiger partial charge in [-0.05, 0) is 44.4 Å². The second-order valence-electron chi connectivity index (χ2n) is 10.3. The number of hydrogen-bond donors (Lipinski definition) is 1. The summed E-state index contributed by atoms with van der Waals surface area (Å²) in [4.78, 5) is 37.7. The van der Waals surface area contributed by atoms with Gasteiger partial charge >= 0.3 is 17.9 Å². The van der Waals surface area contributed by atoms with Crippen LogP contribution in [0.15, 0.2) is 48.6 Å². The Balaban J connectivity index is 2.16. The van der Waals surface area contributed by atoms with Crippen LogP contribution in [0.5, 0.6) is 0 Å². The van der Waals surface area contributed by atoms with Crippen LogP contribution >= 0.6 is 0 Å². The minimum atomic E-state index is -1.37. The maximum Gasteiger partial charge on any atom is 0.338 e. The standard InChI is InChI=1S/C32H46O6/c1-4-6-8-10-11-12-14-20-29(33)38-32(23-21-26(22-24-32)30(34)35)28-19-16-15-18-27(28)31(36)37-25(3)17-13-9-7-5-2/h15-16,18-19,21-26H,4-14,17,20H2,1-3H3,(H,34,35)/t25-,26?,32?/m1/s1. The third-order valence-corrected chi connectivity index (χ3v) is 7.00. The van der Waals surface area contributed by atoms with Crippen molar-refractivity contribution in [2.75, 3.05) is 0 Å². The zero-order chi connectivity index (χ0) is 27.8. The second-order valence-corrected chi connectivity index (χ2v) is 10.3. The minimum absolute atomic E-state index is 0.239. The summed E-state index contributed by atoms with van der Waals surface area (Å²) < 4.78 is 11.8. The van der Waals surface area contributed by atoms with Crippen LogP contribution in [0.3, 0.4) is 0 Å². The molecule has 0 saturated heterocycles. The highest BCUT2D eigenvalue weighted by atomic mass is 16.6. The first-order chi connectivity index (χ1) is 18.3. The Morgan fingerprint density at radius 3 is 2.08 bits per heavy atom. The molecule has 0 radical (unpaired) electrons. The summed E-state index contributed by atoms with van der Waals surface area (Å²) in [5, 5.41) is 9.44. The van der Waals surface area contributed by atoms with Gasteiger partial charge < -0.3 is 14.6 Å². The van der Waals surface area contributed by atoms with Crippen molar-refractivity contribution in [1.82, 2.24) is 0 Å². The lowest BCUT2D eigenvalue weighted by atomic mass is 9.83. The van der Waals surface area contributed by atoms with Gasteiger partial charge in [-0.2, -0.15) is 0 Å². The summed E-state index contributed by atoms with van der Waals surface area (Å²) in [5.74, 6) is -2.68. The van der Waals surface area contributed by atoms with Crippen LogP contribution in [0.4, 0.5) is 0 Å². The number of ether oxygens (including phenoxy) is 2. The second kappa shape index (κ2) is 16.8. The van der Waals surface area contributed by atoms with Gasteiger partial charge in [-0.15, -0.1) is 0 Å². The van der Waals surface area contributed by atoms with Gasteiger partial charge in [-0.25, -0.2) is 4.79 Å². The first kappa shape index (κ1) is 31.3. The predicted octanol–water partition coefficient (Wildman–Crippen LogP) is 7.91. The number of esters is 2. The van der Waals surface area contributed by atoms with E-state index in [2.05, 4.69) is 13.8 Å². The monoisotopic (exact) mass is 526 g/mol. The zero-order valence-electron chi connectivity index (χ0n) is 23.5. The summed E-state index contributed by atoms with van der Waals surface area (Å²) in [6, 6.07) is 6.92. The Labute approximate surface area is 228 Å². The molecule has 1 aliphatic rings. The number of carbonyl (C=O) groups is 3. The van der Waals surface area contributed by atoms with Gasteiger partial charge in [0.25, 0.3) is 0 Å². The third kappa shape index (κ3) is 10.1. The molecule has 0 saturated carbocycles. The molecule has 1 aromatic carbocycles. The first-order valence-electron chi connectivity index (χ1n) is 14.5. The van der Waals surface area contributed by atoms with Crippen molar-refractivity contribution in [3.8, 4) is 0 Å². The number of aliphatic carboxylic acids is 1. The molecule has 1 aromatic rings. The summed E-state index contributed by atoms with van der Waals surface area (Å²) in [6.07, 6.45) is 19.0. The van der Waals surface area contributed by atoms with Gasteiger partial charge in [0.05, 0.1) is 17.6 Å². The molecule has 0 amide bonds. The molecule has 38 heavy (non-hydrogen) atoms. The van der Waals surface area contributed by atoms with E-state index in [1.54, 1.807) is 36.4 Å². The van der Waals surface area contributed by atoms with Crippen molar-refractivity contribution in [3.63, 3.8) is 0 Å². The minimum Gasteiger partial charge on any atom is -0.481 e. The largest absolute Gasteiger partial charge is 0.481 e. The number of carboxylic acid groups (broad SMARTS) is 1. The van der Waals surface area contributed by atoms with E-state index in [9.17, 15) is 19.5 Å². The number of carbonyl (C=O) groups excluding carboxylic acids is 2. The fourth-order valence-corrected chi connectivity index (χ4v) is 4.71. The molecule has 0 unspecified atom stereocenters. The van der Waals surface area contributed by atoms with Gasteiger partial charge in [0.2, 0.25) is 0 Å². The molecule has 0 fully saturated rings. The lowest BCUT2D eigenvalue weighted by Gasteiger charge is -2.32. The smallest absolute Gasteiger partial charge is 0.338 e. The molecular formula is C32H46O6. The van der Waals surface area contributed by atoms with Crippen molar-refractivity contribution >= 4 is 17.9 Å². The molecule has 1 aliphatic carbocycles. The van der Waals surface area contributed by atoms with E-state index in [1.807, 2.05) is 6.92 Å². The SMILES string of the molecule is CCCCCCCCCC(=O)OC1(c2ccccc2C(=O)O[C@H](C)CCCCCC)C=CC(C(=O)O)C=C1. The van der Waals surface area contributed by atoms with Crippen molar-refractivity contribution in [2.24, 2.45) is 5.92 Å². The fraction of sp³-hybridized carbons (Fsp3) is 0.594. The van der Waals surface area contributed by atoms with Gasteiger partial charge in [-0.3, -0.25) is 9.59 Å². The zero-order valence-corrected chi connectivity index (χ0v) is 23.5. The number of hydrogen-bond acceptors (Lipinski definition) is 5. The summed E-state index contributed by atoms with van der Waals surface area (Å²) in [6.45, 7) is 6.23. The quantitative estimate of drug-likeness (QED) is 0.119. The van der Waals surface area contributed by atoms with E-state index in [-0.39, 0.29) is 18.5 Å². The van der Waals surface area contributed by atoms with E-state index >= 15 is 0 Å². The summed E-state index contributed by atoms with van der Waals surface area (Å²) >= 11 is 0. The maximum absolute atomic E-state index is 13.2. The Kier molecular flexibility index (Phi) is 13.9. The van der Waals surface area contributed by atoms with Gasteiger partial charge in [0, 0.05) is 12.0 Å². The fourth-order valence-electron chi connectivity index (χ4n) is 4.71. The average molecular weight is 527 g/mol. The van der Waals surface area contributed by atoms with Crippen LogP contribution in [-0.4, -0.2) is 29.1 Å². The molecule has 0 aromatic heterocycles. The highest BCUT2D eigenvalue weighted by molar-refractivity contribution is 5.92. The Morgan fingerprint density at radius 2 is 1.45 bits per heavy atom. The molecule has 1 atom stereocenters. The van der Waals surface area contributed by atoms with E-state index in [0.717, 1.165) is 51.4 Å². The Hall–Kier alpha value is -2.89. The molecule has 0 bridgehead atoms. The molecule has 2 rings (SSSR count). The molecule has 210 valence electrons. The molecule has 6 heteroatoms. The lowest BCUT2D eigenvalue weighted by molar-refractivity contribution is -0.152.